The zero-order valence-electron chi connectivity index (χ0n) is 15.2. The number of ether oxygens (including phenoxy) is 1. The second kappa shape index (κ2) is 8.00. The molecule has 5 heteroatoms. The van der Waals surface area contributed by atoms with Crippen molar-refractivity contribution in [3.8, 4) is 0 Å². The highest BCUT2D eigenvalue weighted by atomic mass is 16.5. The first-order valence-corrected chi connectivity index (χ1v) is 9.30. The summed E-state index contributed by atoms with van der Waals surface area (Å²) in [5, 5.41) is 0. The van der Waals surface area contributed by atoms with E-state index in [9.17, 15) is 9.59 Å². The molecule has 1 aromatic rings. The number of hydrogen-bond acceptors (Lipinski definition) is 4. The van der Waals surface area contributed by atoms with Crippen LogP contribution in [0.5, 0.6) is 0 Å². The number of benzene rings is 1. The van der Waals surface area contributed by atoms with Crippen molar-refractivity contribution in [2.45, 2.75) is 38.6 Å². The van der Waals surface area contributed by atoms with E-state index < -0.39 is 0 Å². The molecule has 1 amide bonds. The van der Waals surface area contributed by atoms with Gasteiger partial charge in [0.2, 0.25) is 0 Å². The van der Waals surface area contributed by atoms with Gasteiger partial charge in [-0.3, -0.25) is 9.69 Å². The molecule has 1 atom stereocenters. The third-order valence-corrected chi connectivity index (χ3v) is 5.51. The lowest BCUT2D eigenvalue weighted by Gasteiger charge is -2.41. The number of nitrogens with zero attached hydrogens (tertiary/aromatic N) is 2. The second-order valence-corrected chi connectivity index (χ2v) is 7.33. The molecule has 1 unspecified atom stereocenters. The number of carbonyl (C=O) groups is 2. The Hall–Kier alpha value is -1.88. The van der Waals surface area contributed by atoms with Crippen LogP contribution in [0.25, 0.3) is 0 Å². The highest BCUT2D eigenvalue weighted by Gasteiger charge is 2.29. The molecule has 2 aliphatic rings. The Morgan fingerprint density at radius 1 is 1.00 bits per heavy atom. The van der Waals surface area contributed by atoms with E-state index in [4.69, 9.17) is 4.74 Å². The average molecular weight is 344 g/mol. The standard InChI is InChI=1S/C20H28N2O3/c1-15-4-3-11-22(14-15)18-9-12-21(13-10-18)19(23)16-5-7-17(8-6-16)20(24)25-2/h5-8,15,18H,3-4,9-14H2,1-2H3. The molecule has 2 saturated heterocycles. The van der Waals surface area contributed by atoms with Gasteiger partial charge >= 0.3 is 5.97 Å². The van der Waals surface area contributed by atoms with Gasteiger partial charge < -0.3 is 9.64 Å². The topological polar surface area (TPSA) is 49.9 Å². The summed E-state index contributed by atoms with van der Waals surface area (Å²) < 4.78 is 4.69. The molecule has 0 saturated carbocycles. The van der Waals surface area contributed by atoms with Crippen LogP contribution in [-0.4, -0.2) is 61.0 Å². The molecule has 0 aliphatic carbocycles. The van der Waals surface area contributed by atoms with Crippen LogP contribution in [0.15, 0.2) is 24.3 Å². The average Bonchev–Trinajstić information content (AvgIpc) is 2.67. The lowest BCUT2D eigenvalue weighted by Crippen LogP contribution is -2.49. The summed E-state index contributed by atoms with van der Waals surface area (Å²) in [6, 6.07) is 7.36. The van der Waals surface area contributed by atoms with E-state index in [-0.39, 0.29) is 11.9 Å². The van der Waals surface area contributed by atoms with Crippen molar-refractivity contribution >= 4 is 11.9 Å². The molecule has 25 heavy (non-hydrogen) atoms. The van der Waals surface area contributed by atoms with Gasteiger partial charge in [0.25, 0.3) is 5.91 Å². The number of esters is 1. The molecule has 0 N–H and O–H groups in total. The first-order chi connectivity index (χ1) is 12.1. The number of carbonyl (C=O) groups excluding carboxylic acids is 2. The Morgan fingerprint density at radius 3 is 2.24 bits per heavy atom. The third kappa shape index (κ3) is 4.21. The van der Waals surface area contributed by atoms with Gasteiger partial charge in [0.15, 0.2) is 0 Å². The fourth-order valence-electron chi connectivity index (χ4n) is 4.04. The van der Waals surface area contributed by atoms with Crippen LogP contribution in [0.4, 0.5) is 0 Å². The SMILES string of the molecule is COC(=O)c1ccc(C(=O)N2CCC(N3CCCC(C)C3)CC2)cc1. The van der Waals surface area contributed by atoms with Crippen LogP contribution in [0.1, 0.15) is 53.3 Å². The van der Waals surface area contributed by atoms with E-state index >= 15 is 0 Å². The highest BCUT2D eigenvalue weighted by molar-refractivity contribution is 5.96. The summed E-state index contributed by atoms with van der Waals surface area (Å²) in [4.78, 5) is 28.7. The summed E-state index contributed by atoms with van der Waals surface area (Å²) in [7, 11) is 1.36. The van der Waals surface area contributed by atoms with E-state index in [1.807, 2.05) is 4.90 Å². The van der Waals surface area contributed by atoms with Crippen molar-refractivity contribution in [3.05, 3.63) is 35.4 Å². The van der Waals surface area contributed by atoms with Crippen LogP contribution < -0.4 is 0 Å². The first-order valence-electron chi connectivity index (χ1n) is 9.30. The van der Waals surface area contributed by atoms with Gasteiger partial charge in [-0.25, -0.2) is 4.79 Å². The van der Waals surface area contributed by atoms with Crippen LogP contribution in [0.2, 0.25) is 0 Å². The zero-order valence-corrected chi connectivity index (χ0v) is 15.2. The van der Waals surface area contributed by atoms with Gasteiger partial charge in [0.1, 0.15) is 0 Å². The molecule has 136 valence electrons. The van der Waals surface area contributed by atoms with Gasteiger partial charge in [-0.15, -0.1) is 0 Å². The lowest BCUT2D eigenvalue weighted by atomic mass is 9.95. The van der Waals surface area contributed by atoms with Crippen LogP contribution in [0.3, 0.4) is 0 Å². The molecule has 0 radical (unpaired) electrons. The van der Waals surface area contributed by atoms with Crippen molar-refractivity contribution in [2.24, 2.45) is 5.92 Å². The van der Waals surface area contributed by atoms with E-state index in [0.29, 0.717) is 17.2 Å². The molecule has 0 bridgehead atoms. The van der Waals surface area contributed by atoms with Crippen molar-refractivity contribution in [3.63, 3.8) is 0 Å². The largest absolute Gasteiger partial charge is 0.465 e. The fourth-order valence-corrected chi connectivity index (χ4v) is 4.04. The molecule has 3 rings (SSSR count). The quantitative estimate of drug-likeness (QED) is 0.791. The normalized spacial score (nSPS) is 22.6. The van der Waals surface area contributed by atoms with E-state index in [1.165, 1.54) is 33.0 Å². The van der Waals surface area contributed by atoms with Gasteiger partial charge in [-0.2, -0.15) is 0 Å². The molecule has 2 fully saturated rings. The first kappa shape index (κ1) is 17.9. The highest BCUT2D eigenvalue weighted by Crippen LogP contribution is 2.24. The van der Waals surface area contributed by atoms with Crippen molar-refractivity contribution in [1.29, 1.82) is 0 Å². The number of hydrogen-bond donors (Lipinski definition) is 0. The predicted octanol–water partition coefficient (Wildman–Crippen LogP) is 2.81. The molecular formula is C20H28N2O3. The maximum atomic E-state index is 12.7. The molecule has 0 spiro atoms. The van der Waals surface area contributed by atoms with Gasteiger partial charge in [-0.05, 0) is 62.4 Å². The van der Waals surface area contributed by atoms with Gasteiger partial charge in [0.05, 0.1) is 12.7 Å². The van der Waals surface area contributed by atoms with Gasteiger partial charge in [0, 0.05) is 31.2 Å². The Bertz CT molecular complexity index is 606. The maximum Gasteiger partial charge on any atom is 0.337 e. The summed E-state index contributed by atoms with van der Waals surface area (Å²) >= 11 is 0. The number of piperidine rings is 2. The smallest absolute Gasteiger partial charge is 0.337 e. The lowest BCUT2D eigenvalue weighted by molar-refractivity contribution is 0.0540. The van der Waals surface area contributed by atoms with Gasteiger partial charge in [-0.1, -0.05) is 6.92 Å². The number of likely N-dealkylation sites (tertiary alicyclic amines) is 2. The van der Waals surface area contributed by atoms with Crippen LogP contribution in [-0.2, 0) is 4.74 Å². The third-order valence-electron chi connectivity index (χ3n) is 5.51. The molecule has 2 heterocycles. The van der Waals surface area contributed by atoms with Crippen LogP contribution >= 0.6 is 0 Å². The summed E-state index contributed by atoms with van der Waals surface area (Å²) in [5.41, 5.74) is 1.11. The minimum absolute atomic E-state index is 0.0573. The fraction of sp³-hybridized carbons (Fsp3) is 0.600. The minimum atomic E-state index is -0.379. The molecule has 2 aliphatic heterocycles. The zero-order chi connectivity index (χ0) is 17.8. The van der Waals surface area contributed by atoms with E-state index in [2.05, 4.69) is 11.8 Å². The molecule has 5 nitrogen and oxygen atoms in total. The van der Waals surface area contributed by atoms with E-state index in [1.54, 1.807) is 24.3 Å². The maximum absolute atomic E-state index is 12.7. The number of amides is 1. The monoisotopic (exact) mass is 344 g/mol. The van der Waals surface area contributed by atoms with Crippen LogP contribution in [0, 0.1) is 5.92 Å². The van der Waals surface area contributed by atoms with Crippen molar-refractivity contribution in [1.82, 2.24) is 9.80 Å². The Balaban J connectivity index is 1.55. The predicted molar refractivity (Wildman–Crippen MR) is 96.7 cm³/mol. The Kier molecular flexibility index (Phi) is 5.74. The number of methoxy groups -OCH3 is 1. The minimum Gasteiger partial charge on any atom is -0.465 e. The summed E-state index contributed by atoms with van der Waals surface area (Å²) in [5.74, 6) is 0.471. The molecule has 0 aromatic heterocycles. The van der Waals surface area contributed by atoms with E-state index in [0.717, 1.165) is 31.8 Å². The molecule has 1 aromatic carbocycles. The summed E-state index contributed by atoms with van der Waals surface area (Å²) in [6.45, 7) is 6.37. The van der Waals surface area contributed by atoms with Crippen molar-refractivity contribution in [2.75, 3.05) is 33.3 Å². The Morgan fingerprint density at radius 2 is 1.64 bits per heavy atom. The second-order valence-electron chi connectivity index (χ2n) is 7.33. The van der Waals surface area contributed by atoms with Crippen molar-refractivity contribution < 1.29 is 14.3 Å². The summed E-state index contributed by atoms with van der Waals surface area (Å²) in [6.07, 6.45) is 4.75. The Labute approximate surface area is 149 Å². The number of rotatable bonds is 3. The molecular weight excluding hydrogens is 316 g/mol.